The van der Waals surface area contributed by atoms with Crippen molar-refractivity contribution in [2.45, 2.75) is 66.3 Å². The van der Waals surface area contributed by atoms with Crippen molar-refractivity contribution >= 4 is 11.8 Å². The Bertz CT molecular complexity index is 454. The van der Waals surface area contributed by atoms with Gasteiger partial charge in [0, 0.05) is 44.7 Å². The fourth-order valence-corrected chi connectivity index (χ4v) is 4.33. The molecule has 25 heavy (non-hydrogen) atoms. The maximum atomic E-state index is 13.2. The average Bonchev–Trinajstić information content (AvgIpc) is 3.09. The molecule has 1 heterocycles. The van der Waals surface area contributed by atoms with E-state index in [1.165, 1.54) is 25.7 Å². The number of hydrogen-bond donors (Lipinski definition) is 0. The predicted molar refractivity (Wildman–Crippen MR) is 101 cm³/mol. The van der Waals surface area contributed by atoms with Crippen molar-refractivity contribution in [3.63, 3.8) is 0 Å². The lowest BCUT2D eigenvalue weighted by molar-refractivity contribution is -0.144. The van der Waals surface area contributed by atoms with Crippen molar-refractivity contribution in [2.75, 3.05) is 39.3 Å². The lowest BCUT2D eigenvalue weighted by atomic mass is 9.93. The van der Waals surface area contributed by atoms with Gasteiger partial charge in [-0.1, -0.05) is 33.6 Å². The maximum Gasteiger partial charge on any atom is 0.240 e. The van der Waals surface area contributed by atoms with Crippen LogP contribution in [-0.2, 0) is 9.59 Å². The van der Waals surface area contributed by atoms with E-state index in [2.05, 4.69) is 18.7 Å². The molecule has 5 heteroatoms. The second-order valence-electron chi connectivity index (χ2n) is 8.58. The Balaban J connectivity index is 2.07. The minimum Gasteiger partial charge on any atom is -0.342 e. The molecule has 0 radical (unpaired) electrons. The first kappa shape index (κ1) is 20.2. The summed E-state index contributed by atoms with van der Waals surface area (Å²) in [5.41, 5.74) is -0.329. The monoisotopic (exact) mass is 351 g/mol. The summed E-state index contributed by atoms with van der Waals surface area (Å²) < 4.78 is 0. The lowest BCUT2D eigenvalue weighted by Gasteiger charge is -2.43. The normalized spacial score (nSPS) is 21.4. The van der Waals surface area contributed by atoms with Crippen LogP contribution < -0.4 is 0 Å². The second kappa shape index (κ2) is 8.52. The van der Waals surface area contributed by atoms with Crippen molar-refractivity contribution in [2.24, 2.45) is 11.3 Å². The second-order valence-corrected chi connectivity index (χ2v) is 8.58. The molecule has 2 rings (SSSR count). The van der Waals surface area contributed by atoms with Crippen LogP contribution in [0.15, 0.2) is 0 Å². The zero-order valence-corrected chi connectivity index (χ0v) is 16.9. The number of carbonyl (C=O) groups is 2. The van der Waals surface area contributed by atoms with Gasteiger partial charge in [0.05, 0.1) is 6.04 Å². The van der Waals surface area contributed by atoms with E-state index in [1.807, 2.05) is 30.6 Å². The summed E-state index contributed by atoms with van der Waals surface area (Å²) in [6, 6.07) is 0.00860. The number of piperazine rings is 1. The van der Waals surface area contributed by atoms with Crippen molar-refractivity contribution in [3.05, 3.63) is 0 Å². The molecule has 2 fully saturated rings. The van der Waals surface area contributed by atoms with Gasteiger partial charge < -0.3 is 9.80 Å². The lowest BCUT2D eigenvalue weighted by Crippen LogP contribution is -2.59. The highest BCUT2D eigenvalue weighted by Crippen LogP contribution is 2.32. The highest BCUT2D eigenvalue weighted by molar-refractivity contribution is 5.83. The van der Waals surface area contributed by atoms with Crippen LogP contribution in [0, 0.1) is 11.3 Å². The zero-order chi connectivity index (χ0) is 18.6. The molecule has 2 amide bonds. The third-order valence-corrected chi connectivity index (χ3v) is 5.81. The van der Waals surface area contributed by atoms with Crippen LogP contribution in [0.1, 0.15) is 60.3 Å². The summed E-state index contributed by atoms with van der Waals surface area (Å²) in [5.74, 6) is 1.00. The largest absolute Gasteiger partial charge is 0.342 e. The number of hydrogen-bond acceptors (Lipinski definition) is 3. The summed E-state index contributed by atoms with van der Waals surface area (Å²) >= 11 is 0. The van der Waals surface area contributed by atoms with Crippen LogP contribution >= 0.6 is 0 Å². The van der Waals surface area contributed by atoms with Crippen LogP contribution in [0.4, 0.5) is 0 Å². The van der Waals surface area contributed by atoms with Crippen molar-refractivity contribution < 1.29 is 9.59 Å². The van der Waals surface area contributed by atoms with E-state index in [0.29, 0.717) is 11.8 Å². The molecule has 0 aromatic rings. The highest BCUT2D eigenvalue weighted by Gasteiger charge is 2.39. The zero-order valence-electron chi connectivity index (χ0n) is 16.9. The highest BCUT2D eigenvalue weighted by atomic mass is 16.2. The Kier molecular flexibility index (Phi) is 6.89. The Morgan fingerprint density at radius 1 is 1.00 bits per heavy atom. The fourth-order valence-electron chi connectivity index (χ4n) is 4.33. The Morgan fingerprint density at radius 2 is 1.52 bits per heavy atom. The number of amides is 2. The third-order valence-electron chi connectivity index (χ3n) is 5.81. The van der Waals surface area contributed by atoms with Gasteiger partial charge in [-0.3, -0.25) is 14.5 Å². The van der Waals surface area contributed by atoms with Gasteiger partial charge in [-0.25, -0.2) is 0 Å². The molecule has 144 valence electrons. The number of nitrogens with zero attached hydrogens (tertiary/aromatic N) is 3. The van der Waals surface area contributed by atoms with E-state index in [-0.39, 0.29) is 17.4 Å². The molecule has 1 unspecified atom stereocenters. The first-order valence-corrected chi connectivity index (χ1v) is 10.1. The van der Waals surface area contributed by atoms with Gasteiger partial charge in [0.15, 0.2) is 0 Å². The molecule has 0 aromatic heterocycles. The smallest absolute Gasteiger partial charge is 0.240 e. The maximum absolute atomic E-state index is 13.2. The van der Waals surface area contributed by atoms with Crippen molar-refractivity contribution in [1.82, 2.24) is 14.7 Å². The number of rotatable bonds is 5. The van der Waals surface area contributed by atoms with Gasteiger partial charge >= 0.3 is 0 Å². The summed E-state index contributed by atoms with van der Waals surface area (Å²) in [4.78, 5) is 32.0. The minimum absolute atomic E-state index is 0.00860. The molecule has 1 saturated carbocycles. The van der Waals surface area contributed by atoms with E-state index in [0.717, 1.165) is 39.3 Å². The average molecular weight is 352 g/mol. The molecule has 1 saturated heterocycles. The van der Waals surface area contributed by atoms with E-state index < -0.39 is 0 Å². The topological polar surface area (TPSA) is 43.9 Å². The molecule has 1 atom stereocenters. The molecular weight excluding hydrogens is 314 g/mol. The van der Waals surface area contributed by atoms with Crippen LogP contribution in [0.25, 0.3) is 0 Å². The first-order valence-electron chi connectivity index (χ1n) is 10.1. The van der Waals surface area contributed by atoms with Gasteiger partial charge in [0.25, 0.3) is 0 Å². The summed E-state index contributed by atoms with van der Waals surface area (Å²) in [6.45, 7) is 14.7. The van der Waals surface area contributed by atoms with Crippen LogP contribution in [-0.4, -0.2) is 71.8 Å². The molecule has 5 nitrogen and oxygen atoms in total. The quantitative estimate of drug-likeness (QED) is 0.765. The molecule has 0 bridgehead atoms. The molecule has 2 aliphatic rings. The van der Waals surface area contributed by atoms with Crippen LogP contribution in [0.5, 0.6) is 0 Å². The van der Waals surface area contributed by atoms with Gasteiger partial charge in [-0.05, 0) is 32.6 Å². The van der Waals surface area contributed by atoms with E-state index in [9.17, 15) is 9.59 Å². The van der Waals surface area contributed by atoms with Gasteiger partial charge in [-0.2, -0.15) is 0 Å². The van der Waals surface area contributed by atoms with Gasteiger partial charge in [0.1, 0.15) is 0 Å². The molecule has 0 N–H and O–H groups in total. The van der Waals surface area contributed by atoms with Gasteiger partial charge in [-0.15, -0.1) is 0 Å². The minimum atomic E-state index is -0.329. The molecule has 1 aliphatic carbocycles. The fraction of sp³-hybridized carbons (Fsp3) is 0.900. The van der Waals surface area contributed by atoms with Crippen LogP contribution in [0.2, 0.25) is 0 Å². The number of carbonyl (C=O) groups excluding carboxylic acids is 2. The predicted octanol–water partition coefficient (Wildman–Crippen LogP) is 2.60. The van der Waals surface area contributed by atoms with E-state index in [1.54, 1.807) is 0 Å². The third kappa shape index (κ3) is 4.75. The number of likely N-dealkylation sites (N-methyl/N-ethyl adjacent to an activating group) is 1. The molecule has 1 aliphatic heterocycles. The van der Waals surface area contributed by atoms with Gasteiger partial charge in [0.2, 0.25) is 11.8 Å². The summed E-state index contributed by atoms with van der Waals surface area (Å²) in [6.07, 6.45) is 4.82. The van der Waals surface area contributed by atoms with E-state index in [4.69, 9.17) is 0 Å². The van der Waals surface area contributed by atoms with E-state index >= 15 is 0 Å². The summed E-state index contributed by atoms with van der Waals surface area (Å²) in [7, 11) is 0. The molecular formula is C20H37N3O2. The standard InChI is InChI=1S/C20H37N3O2/c1-6-21(7-2)18(24)17(16-10-8-9-11-16)22-12-14-23(15-13-22)19(25)20(3,4)5/h16-17H,6-15H2,1-5H3. The first-order chi connectivity index (χ1) is 11.8. The van der Waals surface area contributed by atoms with Crippen LogP contribution in [0.3, 0.4) is 0 Å². The molecule has 0 aromatic carbocycles. The Hall–Kier alpha value is -1.10. The molecule has 0 spiro atoms. The summed E-state index contributed by atoms with van der Waals surface area (Å²) in [5, 5.41) is 0. The van der Waals surface area contributed by atoms with Crippen molar-refractivity contribution in [3.8, 4) is 0 Å². The Labute approximate surface area is 153 Å². The van der Waals surface area contributed by atoms with Crippen molar-refractivity contribution in [1.29, 1.82) is 0 Å². The Morgan fingerprint density at radius 3 is 1.96 bits per heavy atom. The SMILES string of the molecule is CCN(CC)C(=O)C(C1CCCC1)N1CCN(C(=O)C(C)(C)C)CC1.